The van der Waals surface area contributed by atoms with Crippen LogP contribution in [0.2, 0.25) is 15.1 Å². The van der Waals surface area contributed by atoms with Crippen LogP contribution in [0.25, 0.3) is 0 Å². The van der Waals surface area contributed by atoms with Crippen molar-refractivity contribution in [3.63, 3.8) is 0 Å². The van der Waals surface area contributed by atoms with E-state index >= 15 is 0 Å². The van der Waals surface area contributed by atoms with Gasteiger partial charge < -0.3 is 5.32 Å². The number of nitrogens with one attached hydrogen (secondary N) is 1. The van der Waals surface area contributed by atoms with Gasteiger partial charge in [0.1, 0.15) is 5.41 Å². The maximum Gasteiger partial charge on any atom is 0.400 e. The number of halogens is 6. The third-order valence-electron chi connectivity index (χ3n) is 6.00. The molecular formula is C22H18Cl3F3N2O2S. The molecule has 2 aromatic carbocycles. The van der Waals surface area contributed by atoms with E-state index in [4.69, 9.17) is 34.8 Å². The van der Waals surface area contributed by atoms with Crippen molar-refractivity contribution in [2.24, 2.45) is 4.99 Å². The van der Waals surface area contributed by atoms with E-state index < -0.39 is 35.4 Å². The molecule has 1 amide bonds. The highest BCUT2D eigenvalue weighted by Crippen LogP contribution is 2.49. The van der Waals surface area contributed by atoms with Gasteiger partial charge in [0.15, 0.2) is 0 Å². The number of nitrogens with zero attached hydrogens (tertiary/aromatic N) is 1. The van der Waals surface area contributed by atoms with E-state index in [2.05, 4.69) is 10.3 Å². The Kier molecular flexibility index (Phi) is 6.59. The summed E-state index contributed by atoms with van der Waals surface area (Å²) >= 11 is 18.0. The van der Waals surface area contributed by atoms with Gasteiger partial charge in [-0.3, -0.25) is 14.0 Å². The number of hydrogen-bond acceptors (Lipinski definition) is 3. The zero-order chi connectivity index (χ0) is 24.1. The second kappa shape index (κ2) is 8.87. The number of hydrogen-bond donors (Lipinski definition) is 1. The molecule has 1 saturated heterocycles. The number of alkyl halides is 3. The Hall–Kier alpha value is -1.61. The normalized spacial score (nSPS) is 24.9. The molecule has 0 saturated carbocycles. The number of aryl methyl sites for hydroxylation is 1. The van der Waals surface area contributed by atoms with Crippen molar-refractivity contribution in [3.8, 4) is 0 Å². The average Bonchev–Trinajstić information content (AvgIpc) is 3.17. The molecule has 1 N–H and O–H groups in total. The standard InChI is InChI=1S/C22H18Cl3F3N2O2S/c1-11-4-12(2-3-15(11)20(31)30-14-8-33(32)9-14)18-7-21(10-29-18,22(26,27)28)13-5-16(23)19(25)17(24)6-13/h2-6,14H,7-10H2,1H3,(H,30,31). The lowest BCUT2D eigenvalue weighted by atomic mass is 9.76. The number of carbonyl (C=O) groups is 1. The van der Waals surface area contributed by atoms with Crippen molar-refractivity contribution in [3.05, 3.63) is 67.7 Å². The van der Waals surface area contributed by atoms with Gasteiger partial charge >= 0.3 is 6.18 Å². The fourth-order valence-corrected chi connectivity index (χ4v) is 5.61. The molecule has 1 unspecified atom stereocenters. The van der Waals surface area contributed by atoms with E-state index in [0.29, 0.717) is 28.2 Å². The Labute approximate surface area is 206 Å². The topological polar surface area (TPSA) is 58.5 Å². The van der Waals surface area contributed by atoms with Crippen LogP contribution in [0.1, 0.15) is 33.5 Å². The third kappa shape index (κ3) is 4.55. The van der Waals surface area contributed by atoms with E-state index in [1.807, 2.05) is 0 Å². The number of aliphatic imine (C=N–C) groups is 1. The van der Waals surface area contributed by atoms with Crippen molar-refractivity contribution in [2.45, 2.75) is 31.0 Å². The lowest BCUT2D eigenvalue weighted by Crippen LogP contribution is -2.50. The summed E-state index contributed by atoms with van der Waals surface area (Å²) in [6.07, 6.45) is -5.01. The molecule has 2 heterocycles. The van der Waals surface area contributed by atoms with Crippen LogP contribution in [0.4, 0.5) is 13.2 Å². The van der Waals surface area contributed by atoms with Crippen LogP contribution in [0, 0.1) is 6.92 Å². The van der Waals surface area contributed by atoms with Crippen molar-refractivity contribution in [1.29, 1.82) is 0 Å². The quantitative estimate of drug-likeness (QED) is 0.523. The Morgan fingerprint density at radius 3 is 2.33 bits per heavy atom. The molecule has 2 aliphatic rings. The first-order valence-electron chi connectivity index (χ1n) is 9.93. The van der Waals surface area contributed by atoms with Crippen LogP contribution < -0.4 is 5.32 Å². The van der Waals surface area contributed by atoms with Crippen molar-refractivity contribution < 1.29 is 22.2 Å². The second-order valence-corrected chi connectivity index (χ2v) is 11.0. The summed E-state index contributed by atoms with van der Waals surface area (Å²) in [6.45, 7) is 1.20. The Balaban J connectivity index is 1.60. The predicted octanol–water partition coefficient (Wildman–Crippen LogP) is 5.51. The van der Waals surface area contributed by atoms with Gasteiger partial charge in [-0.1, -0.05) is 40.9 Å². The molecule has 0 bridgehead atoms. The van der Waals surface area contributed by atoms with Crippen LogP contribution in [0.3, 0.4) is 0 Å². The fraction of sp³-hybridized carbons (Fsp3) is 0.364. The van der Waals surface area contributed by atoms with Gasteiger partial charge in [-0.15, -0.1) is 0 Å². The summed E-state index contributed by atoms with van der Waals surface area (Å²) in [4.78, 5) is 16.7. The third-order valence-corrected chi connectivity index (χ3v) is 8.75. The highest BCUT2D eigenvalue weighted by molar-refractivity contribution is 7.86. The van der Waals surface area contributed by atoms with Gasteiger partial charge in [-0.05, 0) is 47.9 Å². The van der Waals surface area contributed by atoms with Crippen molar-refractivity contribution in [1.82, 2.24) is 5.32 Å². The van der Waals surface area contributed by atoms with Gasteiger partial charge in [0.05, 0.1) is 27.7 Å². The minimum atomic E-state index is -4.61. The molecule has 2 aliphatic heterocycles. The molecule has 0 spiro atoms. The molecule has 1 atom stereocenters. The molecule has 11 heteroatoms. The summed E-state index contributed by atoms with van der Waals surface area (Å²) in [5.41, 5.74) is -0.586. The monoisotopic (exact) mass is 536 g/mol. The highest BCUT2D eigenvalue weighted by atomic mass is 35.5. The van der Waals surface area contributed by atoms with Gasteiger partial charge in [0.25, 0.3) is 5.91 Å². The largest absolute Gasteiger partial charge is 0.400 e. The van der Waals surface area contributed by atoms with Crippen LogP contribution >= 0.6 is 34.8 Å². The highest BCUT2D eigenvalue weighted by Gasteiger charge is 2.58. The maximum absolute atomic E-state index is 14.3. The SMILES string of the molecule is Cc1cc(C2=NCC(c3cc(Cl)c(Cl)c(Cl)c3)(C(F)(F)F)C2)ccc1C(=O)NC1CS(=O)C1. The van der Waals surface area contributed by atoms with Gasteiger partial charge in [0, 0.05) is 40.0 Å². The first-order valence-corrected chi connectivity index (χ1v) is 12.6. The molecule has 2 aromatic rings. The maximum atomic E-state index is 14.3. The number of amides is 1. The molecule has 0 radical (unpaired) electrons. The predicted molar refractivity (Wildman–Crippen MR) is 126 cm³/mol. The van der Waals surface area contributed by atoms with E-state index in [-0.39, 0.29) is 38.3 Å². The Morgan fingerprint density at radius 2 is 1.79 bits per heavy atom. The number of benzene rings is 2. The summed E-state index contributed by atoms with van der Waals surface area (Å²) < 4.78 is 54.2. The summed E-state index contributed by atoms with van der Waals surface area (Å²) in [6, 6.07) is 7.07. The Morgan fingerprint density at radius 1 is 1.15 bits per heavy atom. The van der Waals surface area contributed by atoms with Gasteiger partial charge in [-0.25, -0.2) is 0 Å². The molecule has 1 fully saturated rings. The summed E-state index contributed by atoms with van der Waals surface area (Å²) in [5, 5.41) is 2.70. The lowest BCUT2D eigenvalue weighted by Gasteiger charge is -2.32. The Bertz CT molecular complexity index is 1170. The molecule has 176 valence electrons. The molecular weight excluding hydrogens is 520 g/mol. The van der Waals surface area contributed by atoms with Crippen molar-refractivity contribution in [2.75, 3.05) is 18.1 Å². The van der Waals surface area contributed by atoms with Crippen LogP contribution in [-0.4, -0.2) is 46.1 Å². The minimum Gasteiger partial charge on any atom is -0.347 e. The van der Waals surface area contributed by atoms with Crippen LogP contribution in [-0.2, 0) is 16.2 Å². The van der Waals surface area contributed by atoms with Gasteiger partial charge in [-0.2, -0.15) is 13.2 Å². The first-order chi connectivity index (χ1) is 15.4. The zero-order valence-corrected chi connectivity index (χ0v) is 20.3. The van der Waals surface area contributed by atoms with Crippen LogP contribution in [0.5, 0.6) is 0 Å². The molecule has 0 aliphatic carbocycles. The van der Waals surface area contributed by atoms with E-state index in [0.717, 1.165) is 0 Å². The molecule has 0 aromatic heterocycles. The second-order valence-electron chi connectivity index (χ2n) is 8.25. The minimum absolute atomic E-state index is 0.00354. The molecule has 33 heavy (non-hydrogen) atoms. The number of rotatable bonds is 4. The van der Waals surface area contributed by atoms with Gasteiger partial charge in [0.2, 0.25) is 0 Å². The number of carbonyl (C=O) groups excluding carboxylic acids is 1. The first kappa shape index (κ1) is 24.5. The van der Waals surface area contributed by atoms with E-state index in [9.17, 15) is 22.2 Å². The fourth-order valence-electron chi connectivity index (χ4n) is 4.04. The van der Waals surface area contributed by atoms with E-state index in [1.54, 1.807) is 25.1 Å². The lowest BCUT2D eigenvalue weighted by molar-refractivity contribution is -0.183. The van der Waals surface area contributed by atoms with E-state index in [1.165, 1.54) is 12.1 Å². The zero-order valence-electron chi connectivity index (χ0n) is 17.2. The average molecular weight is 538 g/mol. The summed E-state index contributed by atoms with van der Waals surface area (Å²) in [5.74, 6) is 0.555. The smallest absolute Gasteiger partial charge is 0.347 e. The molecule has 4 rings (SSSR count). The van der Waals surface area contributed by atoms with Crippen molar-refractivity contribution >= 4 is 57.2 Å². The van der Waals surface area contributed by atoms with Crippen LogP contribution in [0.15, 0.2) is 35.3 Å². The summed E-state index contributed by atoms with van der Waals surface area (Å²) in [7, 11) is -0.887. The molecule has 4 nitrogen and oxygen atoms in total.